The molecule has 1 unspecified atom stereocenters. The van der Waals surface area contributed by atoms with E-state index in [0.29, 0.717) is 36.7 Å². The number of benzene rings is 2. The van der Waals surface area contributed by atoms with Gasteiger partial charge in [0.15, 0.2) is 17.6 Å². The second-order valence-corrected chi connectivity index (χ2v) is 7.34. The summed E-state index contributed by atoms with van der Waals surface area (Å²) >= 11 is 0. The summed E-state index contributed by atoms with van der Waals surface area (Å²) in [6.45, 7) is 0.936. The lowest BCUT2D eigenvalue weighted by Crippen LogP contribution is -2.35. The number of nitrogens with one attached hydrogen (secondary N) is 1. The lowest BCUT2D eigenvalue weighted by atomic mass is 10.1. The number of fused-ring (bicyclic) bond motifs is 1. The van der Waals surface area contributed by atoms with Gasteiger partial charge < -0.3 is 14.2 Å². The summed E-state index contributed by atoms with van der Waals surface area (Å²) in [4.78, 5) is 12.4. The number of rotatable bonds is 5. The van der Waals surface area contributed by atoms with Crippen molar-refractivity contribution in [2.75, 3.05) is 20.3 Å². The zero-order chi connectivity index (χ0) is 18.6. The van der Waals surface area contributed by atoms with Gasteiger partial charge in [-0.25, -0.2) is 13.1 Å². The van der Waals surface area contributed by atoms with Gasteiger partial charge in [-0.15, -0.1) is 0 Å². The predicted molar refractivity (Wildman–Crippen MR) is 93.6 cm³/mol. The van der Waals surface area contributed by atoms with Crippen molar-refractivity contribution in [1.29, 1.82) is 0 Å². The fourth-order valence-electron chi connectivity index (χ4n) is 2.58. The summed E-state index contributed by atoms with van der Waals surface area (Å²) < 4.78 is 43.4. The highest BCUT2D eigenvalue weighted by molar-refractivity contribution is 7.90. The van der Waals surface area contributed by atoms with Crippen molar-refractivity contribution < 1.29 is 27.4 Å². The van der Waals surface area contributed by atoms with Gasteiger partial charge in [0.25, 0.3) is 15.9 Å². The van der Waals surface area contributed by atoms with Crippen molar-refractivity contribution in [2.45, 2.75) is 17.4 Å². The van der Waals surface area contributed by atoms with Crippen LogP contribution in [-0.4, -0.2) is 34.6 Å². The van der Waals surface area contributed by atoms with Crippen LogP contribution >= 0.6 is 0 Å². The Morgan fingerprint density at radius 1 is 1.08 bits per heavy atom. The van der Waals surface area contributed by atoms with E-state index in [4.69, 9.17) is 14.2 Å². The van der Waals surface area contributed by atoms with Gasteiger partial charge in [0.05, 0.1) is 18.1 Å². The van der Waals surface area contributed by atoms with Gasteiger partial charge in [-0.2, -0.15) is 0 Å². The minimum atomic E-state index is -4.08. The molecule has 0 radical (unpaired) electrons. The molecule has 1 aliphatic rings. The standard InChI is InChI=1S/C18H19NO6S/c1-23-17(13-6-3-2-4-7-13)18(20)19-26(21,22)14-8-9-15-16(12-14)25-11-5-10-24-15/h2-4,6-9,12,17H,5,10-11H2,1H3,(H,19,20). The number of ether oxygens (including phenoxy) is 3. The van der Waals surface area contributed by atoms with E-state index in [-0.39, 0.29) is 4.90 Å². The topological polar surface area (TPSA) is 90.9 Å². The number of hydrogen-bond acceptors (Lipinski definition) is 6. The number of hydrogen-bond donors (Lipinski definition) is 1. The van der Waals surface area contributed by atoms with Gasteiger partial charge in [-0.1, -0.05) is 30.3 Å². The van der Waals surface area contributed by atoms with Crippen LogP contribution < -0.4 is 14.2 Å². The molecule has 0 aromatic heterocycles. The van der Waals surface area contributed by atoms with Gasteiger partial charge in [0.1, 0.15) is 0 Å². The smallest absolute Gasteiger partial charge is 0.267 e. The molecule has 1 N–H and O–H groups in total. The van der Waals surface area contributed by atoms with Crippen LogP contribution in [0.1, 0.15) is 18.1 Å². The lowest BCUT2D eigenvalue weighted by molar-refractivity contribution is -0.129. The average molecular weight is 377 g/mol. The van der Waals surface area contributed by atoms with Crippen LogP contribution in [0.5, 0.6) is 11.5 Å². The van der Waals surface area contributed by atoms with E-state index in [1.54, 1.807) is 30.3 Å². The van der Waals surface area contributed by atoms with Crippen LogP contribution in [0.25, 0.3) is 0 Å². The molecule has 0 saturated heterocycles. The van der Waals surface area contributed by atoms with Gasteiger partial charge in [0, 0.05) is 19.6 Å². The third-order valence-electron chi connectivity index (χ3n) is 3.84. The highest BCUT2D eigenvalue weighted by Crippen LogP contribution is 2.32. The van der Waals surface area contributed by atoms with E-state index < -0.39 is 22.0 Å². The van der Waals surface area contributed by atoms with Crippen LogP contribution in [0.15, 0.2) is 53.4 Å². The molecular formula is C18H19NO6S. The molecule has 0 bridgehead atoms. The molecule has 7 nitrogen and oxygen atoms in total. The molecule has 1 atom stereocenters. The molecule has 0 aliphatic carbocycles. The minimum absolute atomic E-state index is 0.0852. The van der Waals surface area contributed by atoms with Crippen molar-refractivity contribution in [3.63, 3.8) is 0 Å². The summed E-state index contributed by atoms with van der Waals surface area (Å²) in [6, 6.07) is 12.9. The maximum atomic E-state index is 12.6. The Balaban J connectivity index is 1.82. The van der Waals surface area contributed by atoms with E-state index in [2.05, 4.69) is 4.72 Å². The SMILES string of the molecule is COC(C(=O)NS(=O)(=O)c1ccc2c(c1)OCCCO2)c1ccccc1. The Morgan fingerprint density at radius 2 is 1.77 bits per heavy atom. The zero-order valence-electron chi connectivity index (χ0n) is 14.2. The second kappa shape index (κ2) is 7.76. The summed E-state index contributed by atoms with van der Waals surface area (Å²) in [5.74, 6) is 0.0433. The normalized spacial score (nSPS) is 15.0. The predicted octanol–water partition coefficient (Wildman–Crippen LogP) is 2.04. The van der Waals surface area contributed by atoms with Crippen LogP contribution in [0, 0.1) is 0 Å². The molecule has 2 aromatic carbocycles. The molecule has 2 aromatic rings. The quantitative estimate of drug-likeness (QED) is 0.857. The number of amides is 1. The van der Waals surface area contributed by atoms with E-state index in [0.717, 1.165) is 0 Å². The average Bonchev–Trinajstić information content (AvgIpc) is 2.87. The van der Waals surface area contributed by atoms with E-state index in [1.165, 1.54) is 25.3 Å². The second-order valence-electron chi connectivity index (χ2n) is 5.66. The summed E-state index contributed by atoms with van der Waals surface area (Å²) in [5, 5.41) is 0. The number of carbonyl (C=O) groups is 1. The molecule has 0 spiro atoms. The van der Waals surface area contributed by atoms with Crippen molar-refractivity contribution in [2.24, 2.45) is 0 Å². The first-order valence-electron chi connectivity index (χ1n) is 8.05. The molecule has 26 heavy (non-hydrogen) atoms. The molecule has 8 heteroatoms. The third-order valence-corrected chi connectivity index (χ3v) is 5.18. The van der Waals surface area contributed by atoms with E-state index in [1.807, 2.05) is 0 Å². The van der Waals surface area contributed by atoms with E-state index >= 15 is 0 Å². The van der Waals surface area contributed by atoms with E-state index in [9.17, 15) is 13.2 Å². The molecule has 1 amide bonds. The lowest BCUT2D eigenvalue weighted by Gasteiger charge is -2.16. The fourth-order valence-corrected chi connectivity index (χ4v) is 3.58. The third kappa shape index (κ3) is 3.97. The first-order valence-corrected chi connectivity index (χ1v) is 9.53. The van der Waals surface area contributed by atoms with Crippen LogP contribution in [0.3, 0.4) is 0 Å². The molecular weight excluding hydrogens is 358 g/mol. The molecule has 0 fully saturated rings. The molecule has 1 heterocycles. The van der Waals surface area contributed by atoms with Gasteiger partial charge >= 0.3 is 0 Å². The Hall–Kier alpha value is -2.58. The fraction of sp³-hybridized carbons (Fsp3) is 0.278. The van der Waals surface area contributed by atoms with Crippen LogP contribution in [-0.2, 0) is 19.6 Å². The summed E-state index contributed by atoms with van der Waals surface area (Å²) in [6.07, 6.45) is -0.327. The van der Waals surface area contributed by atoms with Gasteiger partial charge in [-0.05, 0) is 17.7 Å². The monoisotopic (exact) mass is 377 g/mol. The first-order chi connectivity index (χ1) is 12.5. The number of sulfonamides is 1. The van der Waals surface area contributed by atoms with Gasteiger partial charge in [-0.3, -0.25) is 4.79 Å². The Kier molecular flexibility index (Phi) is 5.43. The summed E-state index contributed by atoms with van der Waals surface area (Å²) in [5.41, 5.74) is 0.557. The van der Waals surface area contributed by atoms with Gasteiger partial charge in [0.2, 0.25) is 0 Å². The van der Waals surface area contributed by atoms with Crippen molar-refractivity contribution >= 4 is 15.9 Å². The highest BCUT2D eigenvalue weighted by atomic mass is 32.2. The Bertz CT molecular complexity index is 882. The minimum Gasteiger partial charge on any atom is -0.490 e. The van der Waals surface area contributed by atoms with Crippen molar-refractivity contribution in [3.05, 3.63) is 54.1 Å². The van der Waals surface area contributed by atoms with Crippen molar-refractivity contribution in [1.82, 2.24) is 4.72 Å². The number of methoxy groups -OCH3 is 1. The Labute approximate surface area is 151 Å². The first kappa shape index (κ1) is 18.2. The van der Waals surface area contributed by atoms with Crippen molar-refractivity contribution in [3.8, 4) is 11.5 Å². The Morgan fingerprint density at radius 3 is 2.46 bits per heavy atom. The molecule has 0 saturated carbocycles. The zero-order valence-corrected chi connectivity index (χ0v) is 15.0. The largest absolute Gasteiger partial charge is 0.490 e. The van der Waals surface area contributed by atoms with Crippen LogP contribution in [0.4, 0.5) is 0 Å². The molecule has 1 aliphatic heterocycles. The highest BCUT2D eigenvalue weighted by Gasteiger charge is 2.27. The number of carbonyl (C=O) groups excluding carboxylic acids is 1. The van der Waals surface area contributed by atoms with Crippen LogP contribution in [0.2, 0.25) is 0 Å². The molecule has 3 rings (SSSR count). The summed E-state index contributed by atoms with van der Waals surface area (Å²) in [7, 11) is -2.74. The molecule has 138 valence electrons. The maximum absolute atomic E-state index is 12.6. The maximum Gasteiger partial charge on any atom is 0.267 e.